The zero-order valence-corrected chi connectivity index (χ0v) is 10.1. The van der Waals surface area contributed by atoms with Gasteiger partial charge >= 0.3 is 0 Å². The second-order valence-electron chi connectivity index (χ2n) is 3.75. The molecule has 0 bridgehead atoms. The lowest BCUT2D eigenvalue weighted by molar-refractivity contribution is 0.0997. The molecular formula is C14H14OS. The Kier molecular flexibility index (Phi) is 3.52. The Morgan fingerprint density at radius 1 is 1.12 bits per heavy atom. The molecule has 82 valence electrons. The van der Waals surface area contributed by atoms with Crippen LogP contribution in [0.15, 0.2) is 41.8 Å². The van der Waals surface area contributed by atoms with Gasteiger partial charge in [-0.15, -0.1) is 11.3 Å². The Morgan fingerprint density at radius 2 is 1.81 bits per heavy atom. The lowest BCUT2D eigenvalue weighted by Crippen LogP contribution is -2.00. The molecule has 0 amide bonds. The van der Waals surface area contributed by atoms with Crippen molar-refractivity contribution in [1.82, 2.24) is 0 Å². The van der Waals surface area contributed by atoms with Gasteiger partial charge in [-0.25, -0.2) is 0 Å². The summed E-state index contributed by atoms with van der Waals surface area (Å²) in [6.45, 7) is 2.13. The molecule has 0 aliphatic rings. The van der Waals surface area contributed by atoms with E-state index in [2.05, 4.69) is 19.1 Å². The number of rotatable bonds is 4. The van der Waals surface area contributed by atoms with Gasteiger partial charge in [-0.3, -0.25) is 4.79 Å². The number of hydrogen-bond acceptors (Lipinski definition) is 2. The van der Waals surface area contributed by atoms with Crippen molar-refractivity contribution in [3.63, 3.8) is 0 Å². The maximum Gasteiger partial charge on any atom is 0.177 e. The molecule has 1 aromatic heterocycles. The molecule has 2 aromatic rings. The van der Waals surface area contributed by atoms with Crippen molar-refractivity contribution in [2.45, 2.75) is 19.8 Å². The van der Waals surface area contributed by atoms with Crippen LogP contribution in [0.25, 0.3) is 0 Å². The van der Waals surface area contributed by atoms with Crippen molar-refractivity contribution in [2.75, 3.05) is 0 Å². The predicted molar refractivity (Wildman–Crippen MR) is 68.2 cm³/mol. The van der Waals surface area contributed by atoms with Gasteiger partial charge in [0.25, 0.3) is 0 Å². The monoisotopic (exact) mass is 230 g/mol. The molecule has 0 N–H and O–H groups in total. The van der Waals surface area contributed by atoms with Crippen LogP contribution in [0.5, 0.6) is 0 Å². The van der Waals surface area contributed by atoms with Crippen LogP contribution < -0.4 is 0 Å². The minimum absolute atomic E-state index is 0.208. The molecule has 0 saturated carbocycles. The Bertz CT molecular complexity index is 454. The molecule has 0 atom stereocenters. The summed E-state index contributed by atoms with van der Waals surface area (Å²) >= 11 is 1.51. The van der Waals surface area contributed by atoms with Gasteiger partial charge in [0.15, 0.2) is 5.78 Å². The molecule has 1 nitrogen and oxygen atoms in total. The van der Waals surface area contributed by atoms with Crippen LogP contribution in [-0.2, 0) is 12.8 Å². The number of hydrogen-bond donors (Lipinski definition) is 0. The van der Waals surface area contributed by atoms with Crippen LogP contribution in [-0.4, -0.2) is 5.78 Å². The molecular weight excluding hydrogens is 216 g/mol. The van der Waals surface area contributed by atoms with Crippen molar-refractivity contribution in [3.8, 4) is 0 Å². The Morgan fingerprint density at radius 3 is 2.38 bits per heavy atom. The largest absolute Gasteiger partial charge is 0.293 e. The van der Waals surface area contributed by atoms with Crippen molar-refractivity contribution in [1.29, 1.82) is 0 Å². The predicted octanol–water partition coefficient (Wildman–Crippen LogP) is 3.74. The molecule has 0 aliphatic heterocycles. The Balaban J connectivity index is 2.06. The van der Waals surface area contributed by atoms with Gasteiger partial charge < -0.3 is 0 Å². The Labute approximate surface area is 99.8 Å². The summed E-state index contributed by atoms with van der Waals surface area (Å²) in [5.41, 5.74) is 2.41. The van der Waals surface area contributed by atoms with E-state index in [4.69, 9.17) is 0 Å². The zero-order valence-electron chi connectivity index (χ0n) is 9.27. The quantitative estimate of drug-likeness (QED) is 0.731. The zero-order chi connectivity index (χ0) is 11.4. The van der Waals surface area contributed by atoms with E-state index in [0.717, 1.165) is 16.9 Å². The smallest absolute Gasteiger partial charge is 0.177 e. The molecule has 0 aliphatic carbocycles. The number of thiophene rings is 1. The summed E-state index contributed by atoms with van der Waals surface area (Å²) < 4.78 is 0. The molecule has 2 heteroatoms. The standard InChI is InChI=1S/C14H14OS/c1-2-11-5-7-12(8-6-11)10-13(15)14-4-3-9-16-14/h3-9H,2,10H2,1H3. The summed E-state index contributed by atoms with van der Waals surface area (Å²) in [7, 11) is 0. The molecule has 0 saturated heterocycles. The minimum atomic E-state index is 0.208. The summed E-state index contributed by atoms with van der Waals surface area (Å²) in [4.78, 5) is 12.7. The summed E-state index contributed by atoms with van der Waals surface area (Å²) in [5.74, 6) is 0.208. The molecule has 1 aromatic carbocycles. The van der Waals surface area contributed by atoms with Crippen LogP contribution in [0.1, 0.15) is 27.7 Å². The van der Waals surface area contributed by atoms with Gasteiger partial charge in [0.2, 0.25) is 0 Å². The normalized spacial score (nSPS) is 10.3. The highest BCUT2D eigenvalue weighted by Crippen LogP contribution is 2.13. The average Bonchev–Trinajstić information content (AvgIpc) is 2.83. The maximum absolute atomic E-state index is 11.8. The number of Topliss-reactive ketones (excluding diaryl/α,β-unsaturated/α-hetero) is 1. The highest BCUT2D eigenvalue weighted by Gasteiger charge is 2.07. The van der Waals surface area contributed by atoms with Gasteiger partial charge in [-0.2, -0.15) is 0 Å². The average molecular weight is 230 g/mol. The van der Waals surface area contributed by atoms with E-state index >= 15 is 0 Å². The van der Waals surface area contributed by atoms with Crippen LogP contribution in [0.4, 0.5) is 0 Å². The van der Waals surface area contributed by atoms with Gasteiger partial charge in [0.1, 0.15) is 0 Å². The fourth-order valence-corrected chi connectivity index (χ4v) is 2.27. The number of carbonyl (C=O) groups excluding carboxylic acids is 1. The van der Waals surface area contributed by atoms with Crippen molar-refractivity contribution >= 4 is 17.1 Å². The number of aryl methyl sites for hydroxylation is 1. The van der Waals surface area contributed by atoms with Gasteiger partial charge in [0.05, 0.1) is 4.88 Å². The highest BCUT2D eigenvalue weighted by molar-refractivity contribution is 7.12. The van der Waals surface area contributed by atoms with Crippen molar-refractivity contribution in [3.05, 3.63) is 57.8 Å². The first-order valence-electron chi connectivity index (χ1n) is 5.44. The van der Waals surface area contributed by atoms with E-state index in [0.29, 0.717) is 6.42 Å². The van der Waals surface area contributed by atoms with E-state index in [1.165, 1.54) is 16.9 Å². The maximum atomic E-state index is 11.8. The van der Waals surface area contributed by atoms with Gasteiger partial charge in [-0.1, -0.05) is 37.3 Å². The van der Waals surface area contributed by atoms with Crippen LogP contribution in [0, 0.1) is 0 Å². The van der Waals surface area contributed by atoms with E-state index in [9.17, 15) is 4.79 Å². The summed E-state index contributed by atoms with van der Waals surface area (Å²) in [6, 6.07) is 12.1. The molecule has 16 heavy (non-hydrogen) atoms. The molecule has 0 unspecified atom stereocenters. The molecule has 1 heterocycles. The van der Waals surface area contributed by atoms with Crippen LogP contribution >= 0.6 is 11.3 Å². The third-order valence-electron chi connectivity index (χ3n) is 2.59. The Hall–Kier alpha value is -1.41. The third kappa shape index (κ3) is 2.58. The first kappa shape index (κ1) is 11.1. The number of carbonyl (C=O) groups is 1. The molecule has 0 fully saturated rings. The number of ketones is 1. The van der Waals surface area contributed by atoms with Crippen molar-refractivity contribution < 1.29 is 4.79 Å². The van der Waals surface area contributed by atoms with Crippen LogP contribution in [0.2, 0.25) is 0 Å². The van der Waals surface area contributed by atoms with E-state index in [1.54, 1.807) is 0 Å². The molecule has 2 rings (SSSR count). The first-order chi connectivity index (χ1) is 7.79. The summed E-state index contributed by atoms with van der Waals surface area (Å²) in [6.07, 6.45) is 1.55. The lowest BCUT2D eigenvalue weighted by atomic mass is 10.1. The second kappa shape index (κ2) is 5.08. The number of benzene rings is 1. The molecule has 0 spiro atoms. The van der Waals surface area contributed by atoms with Crippen molar-refractivity contribution in [2.24, 2.45) is 0 Å². The van der Waals surface area contributed by atoms with Gasteiger partial charge in [0, 0.05) is 6.42 Å². The summed E-state index contributed by atoms with van der Waals surface area (Å²) in [5, 5.41) is 1.94. The third-order valence-corrected chi connectivity index (χ3v) is 3.50. The fraction of sp³-hybridized carbons (Fsp3) is 0.214. The SMILES string of the molecule is CCc1ccc(CC(=O)c2cccs2)cc1. The topological polar surface area (TPSA) is 17.1 Å². The van der Waals surface area contributed by atoms with Crippen LogP contribution in [0.3, 0.4) is 0 Å². The first-order valence-corrected chi connectivity index (χ1v) is 6.32. The highest BCUT2D eigenvalue weighted by atomic mass is 32.1. The second-order valence-corrected chi connectivity index (χ2v) is 4.69. The molecule has 0 radical (unpaired) electrons. The van der Waals surface area contributed by atoms with E-state index in [1.807, 2.05) is 29.6 Å². The fourth-order valence-electron chi connectivity index (χ4n) is 1.60. The minimum Gasteiger partial charge on any atom is -0.293 e. The lowest BCUT2D eigenvalue weighted by Gasteiger charge is -2.01. The van der Waals surface area contributed by atoms with E-state index in [-0.39, 0.29) is 5.78 Å². The van der Waals surface area contributed by atoms with Gasteiger partial charge in [-0.05, 0) is 29.0 Å². The van der Waals surface area contributed by atoms with E-state index < -0.39 is 0 Å².